The van der Waals surface area contributed by atoms with E-state index in [-0.39, 0.29) is 5.54 Å². The number of likely N-dealkylation sites (N-methyl/N-ethyl adjacent to an activating group) is 1. The van der Waals surface area contributed by atoms with Crippen molar-refractivity contribution in [2.24, 2.45) is 0 Å². The molecular weight excluding hydrogens is 198 g/mol. The molecule has 1 saturated carbocycles. The van der Waals surface area contributed by atoms with Gasteiger partial charge in [-0.05, 0) is 38.4 Å². The van der Waals surface area contributed by atoms with Crippen LogP contribution in [0.3, 0.4) is 0 Å². The highest BCUT2D eigenvalue weighted by Gasteiger charge is 2.41. The molecule has 0 radical (unpaired) electrons. The van der Waals surface area contributed by atoms with E-state index in [0.29, 0.717) is 10.8 Å². The van der Waals surface area contributed by atoms with Crippen LogP contribution in [0.5, 0.6) is 5.75 Å². The van der Waals surface area contributed by atoms with Crippen LogP contribution in [0.15, 0.2) is 18.2 Å². The summed E-state index contributed by atoms with van der Waals surface area (Å²) in [6, 6.07) is 5.27. The van der Waals surface area contributed by atoms with Gasteiger partial charge in [-0.3, -0.25) is 0 Å². The Kier molecular flexibility index (Phi) is 2.41. The number of rotatable bonds is 3. The third-order valence-electron chi connectivity index (χ3n) is 2.99. The topological polar surface area (TPSA) is 32.3 Å². The zero-order valence-electron chi connectivity index (χ0n) is 8.18. The van der Waals surface area contributed by atoms with Gasteiger partial charge in [-0.15, -0.1) is 0 Å². The zero-order chi connectivity index (χ0) is 10.2. The lowest BCUT2D eigenvalue weighted by Gasteiger charge is -2.15. The Morgan fingerprint density at radius 2 is 2.21 bits per heavy atom. The number of aromatic hydroxyl groups is 1. The van der Waals surface area contributed by atoms with Gasteiger partial charge in [-0.25, -0.2) is 0 Å². The Hall–Kier alpha value is -0.730. The summed E-state index contributed by atoms with van der Waals surface area (Å²) in [5, 5.41) is 13.6. The molecule has 0 saturated heterocycles. The van der Waals surface area contributed by atoms with Gasteiger partial charge in [0.15, 0.2) is 0 Å². The predicted molar refractivity (Wildman–Crippen MR) is 57.8 cm³/mol. The Bertz CT molecular complexity index is 327. The van der Waals surface area contributed by atoms with Crippen molar-refractivity contribution >= 4 is 11.6 Å². The number of phenolic OH excluding ortho intramolecular Hbond substituents is 1. The number of halogens is 1. The van der Waals surface area contributed by atoms with Gasteiger partial charge in [-0.2, -0.15) is 0 Å². The lowest BCUT2D eigenvalue weighted by molar-refractivity contribution is 0.457. The van der Waals surface area contributed by atoms with E-state index in [1.54, 1.807) is 12.1 Å². The highest BCUT2D eigenvalue weighted by molar-refractivity contribution is 6.31. The number of benzene rings is 1. The SMILES string of the molecule is CNC1(Cc2c(O)cccc2Cl)CC1. The fourth-order valence-electron chi connectivity index (χ4n) is 1.73. The van der Waals surface area contributed by atoms with Gasteiger partial charge in [0.05, 0.1) is 0 Å². The Morgan fingerprint density at radius 3 is 2.71 bits per heavy atom. The summed E-state index contributed by atoms with van der Waals surface area (Å²) in [7, 11) is 1.96. The van der Waals surface area contributed by atoms with E-state index in [9.17, 15) is 5.11 Å². The van der Waals surface area contributed by atoms with Crippen LogP contribution in [-0.4, -0.2) is 17.7 Å². The van der Waals surface area contributed by atoms with Gasteiger partial charge in [0, 0.05) is 16.1 Å². The van der Waals surface area contributed by atoms with E-state index >= 15 is 0 Å². The minimum absolute atomic E-state index is 0.183. The molecule has 2 N–H and O–H groups in total. The molecule has 0 heterocycles. The summed E-state index contributed by atoms with van der Waals surface area (Å²) in [6.07, 6.45) is 3.14. The Balaban J connectivity index is 2.24. The maximum Gasteiger partial charge on any atom is 0.120 e. The first-order chi connectivity index (χ1) is 6.67. The van der Waals surface area contributed by atoms with Gasteiger partial charge in [0.2, 0.25) is 0 Å². The van der Waals surface area contributed by atoms with E-state index in [1.807, 2.05) is 13.1 Å². The smallest absolute Gasteiger partial charge is 0.120 e. The van der Waals surface area contributed by atoms with Crippen LogP contribution in [0, 0.1) is 0 Å². The van der Waals surface area contributed by atoms with E-state index in [4.69, 9.17) is 11.6 Å². The van der Waals surface area contributed by atoms with Crippen molar-refractivity contribution in [1.29, 1.82) is 0 Å². The van der Waals surface area contributed by atoms with Gasteiger partial charge < -0.3 is 10.4 Å². The van der Waals surface area contributed by atoms with Gasteiger partial charge in [0.1, 0.15) is 5.75 Å². The summed E-state index contributed by atoms with van der Waals surface area (Å²) in [4.78, 5) is 0. The van der Waals surface area contributed by atoms with Crippen molar-refractivity contribution in [3.8, 4) is 5.75 Å². The predicted octanol–water partition coefficient (Wildman–Crippen LogP) is 2.34. The van der Waals surface area contributed by atoms with Crippen molar-refractivity contribution in [3.05, 3.63) is 28.8 Å². The zero-order valence-corrected chi connectivity index (χ0v) is 8.93. The lowest BCUT2D eigenvalue weighted by Crippen LogP contribution is -2.29. The second-order valence-corrected chi connectivity index (χ2v) is 4.35. The van der Waals surface area contributed by atoms with Crippen molar-refractivity contribution in [1.82, 2.24) is 5.32 Å². The highest BCUT2D eigenvalue weighted by atomic mass is 35.5. The van der Waals surface area contributed by atoms with Crippen LogP contribution in [0.2, 0.25) is 5.02 Å². The average molecular weight is 212 g/mol. The van der Waals surface area contributed by atoms with Crippen molar-refractivity contribution in [2.45, 2.75) is 24.8 Å². The summed E-state index contributed by atoms with van der Waals surface area (Å²) < 4.78 is 0. The minimum atomic E-state index is 0.183. The fraction of sp³-hybridized carbons (Fsp3) is 0.455. The lowest BCUT2D eigenvalue weighted by atomic mass is 10.0. The van der Waals surface area contributed by atoms with Crippen LogP contribution >= 0.6 is 11.6 Å². The molecule has 1 aliphatic rings. The van der Waals surface area contributed by atoms with Gasteiger partial charge in [0.25, 0.3) is 0 Å². The summed E-state index contributed by atoms with van der Waals surface area (Å²) >= 11 is 6.03. The number of hydrogen-bond donors (Lipinski definition) is 2. The van der Waals surface area contributed by atoms with Crippen molar-refractivity contribution in [3.63, 3.8) is 0 Å². The van der Waals surface area contributed by atoms with E-state index < -0.39 is 0 Å². The summed E-state index contributed by atoms with van der Waals surface area (Å²) in [6.45, 7) is 0. The molecule has 1 aromatic carbocycles. The van der Waals surface area contributed by atoms with Crippen molar-refractivity contribution in [2.75, 3.05) is 7.05 Å². The Labute approximate surface area is 88.9 Å². The van der Waals surface area contributed by atoms with E-state index in [0.717, 1.165) is 24.8 Å². The molecule has 0 aromatic heterocycles. The van der Waals surface area contributed by atoms with Gasteiger partial charge >= 0.3 is 0 Å². The first-order valence-electron chi connectivity index (χ1n) is 4.82. The molecule has 0 amide bonds. The largest absolute Gasteiger partial charge is 0.508 e. The third kappa shape index (κ3) is 1.72. The third-order valence-corrected chi connectivity index (χ3v) is 3.35. The molecule has 3 heteroatoms. The second kappa shape index (κ2) is 3.44. The average Bonchev–Trinajstić information content (AvgIpc) is 2.93. The van der Waals surface area contributed by atoms with Crippen LogP contribution in [0.1, 0.15) is 18.4 Å². The first-order valence-corrected chi connectivity index (χ1v) is 5.20. The molecule has 0 spiro atoms. The summed E-state index contributed by atoms with van der Waals surface area (Å²) in [5.41, 5.74) is 1.05. The molecule has 0 bridgehead atoms. The molecule has 1 fully saturated rings. The molecular formula is C11H14ClNO. The monoisotopic (exact) mass is 211 g/mol. The Morgan fingerprint density at radius 1 is 1.50 bits per heavy atom. The van der Waals surface area contributed by atoms with Gasteiger partial charge in [-0.1, -0.05) is 17.7 Å². The fourth-order valence-corrected chi connectivity index (χ4v) is 1.96. The molecule has 0 atom stereocenters. The van der Waals surface area contributed by atoms with Crippen LogP contribution < -0.4 is 5.32 Å². The number of hydrogen-bond acceptors (Lipinski definition) is 2. The molecule has 2 rings (SSSR count). The number of nitrogens with one attached hydrogen (secondary N) is 1. The molecule has 2 nitrogen and oxygen atoms in total. The number of phenols is 1. The summed E-state index contributed by atoms with van der Waals surface area (Å²) in [5.74, 6) is 0.305. The van der Waals surface area contributed by atoms with Crippen LogP contribution in [0.4, 0.5) is 0 Å². The molecule has 14 heavy (non-hydrogen) atoms. The van der Waals surface area contributed by atoms with E-state index in [1.165, 1.54) is 0 Å². The minimum Gasteiger partial charge on any atom is -0.508 e. The first kappa shape index (κ1) is 9.81. The maximum atomic E-state index is 9.67. The molecule has 0 aliphatic heterocycles. The highest BCUT2D eigenvalue weighted by Crippen LogP contribution is 2.41. The molecule has 1 aliphatic carbocycles. The molecule has 76 valence electrons. The second-order valence-electron chi connectivity index (χ2n) is 3.94. The molecule has 0 unspecified atom stereocenters. The van der Waals surface area contributed by atoms with Crippen molar-refractivity contribution < 1.29 is 5.11 Å². The maximum absolute atomic E-state index is 9.67. The van der Waals surface area contributed by atoms with Crippen LogP contribution in [0.25, 0.3) is 0 Å². The normalized spacial score (nSPS) is 18.1. The van der Waals surface area contributed by atoms with E-state index in [2.05, 4.69) is 5.32 Å². The standard InChI is InChI=1S/C11H14ClNO/c1-13-11(5-6-11)7-8-9(12)3-2-4-10(8)14/h2-4,13-14H,5-7H2,1H3. The quantitative estimate of drug-likeness (QED) is 0.805. The van der Waals surface area contributed by atoms with Crippen LogP contribution in [-0.2, 0) is 6.42 Å². The molecule has 1 aromatic rings.